The molecule has 1 saturated carbocycles. The molecule has 2 aromatic carbocycles. The number of benzene rings is 2. The predicted octanol–water partition coefficient (Wildman–Crippen LogP) is 5.58. The minimum absolute atomic E-state index is 0.0339. The summed E-state index contributed by atoms with van der Waals surface area (Å²) in [5.41, 5.74) is 0.301. The zero-order valence-corrected chi connectivity index (χ0v) is 22.9. The van der Waals surface area contributed by atoms with Crippen LogP contribution < -0.4 is 10.4 Å². The quantitative estimate of drug-likeness (QED) is 0.408. The van der Waals surface area contributed by atoms with E-state index in [-0.39, 0.29) is 29.0 Å². The molecule has 0 radical (unpaired) electrons. The molecule has 1 aliphatic carbocycles. The summed E-state index contributed by atoms with van der Waals surface area (Å²) in [6, 6.07) is 21.7. The highest BCUT2D eigenvalue weighted by atomic mass is 28.3. The molecule has 0 bridgehead atoms. The maximum Gasteiger partial charge on any atom is 0.240 e. The van der Waals surface area contributed by atoms with Gasteiger partial charge in [-0.2, -0.15) is 0 Å². The summed E-state index contributed by atoms with van der Waals surface area (Å²) >= 11 is 0. The minimum atomic E-state index is -1.86. The lowest BCUT2D eigenvalue weighted by molar-refractivity contribution is -0.0424. The Morgan fingerprint density at radius 2 is 1.52 bits per heavy atom. The summed E-state index contributed by atoms with van der Waals surface area (Å²) < 4.78 is 7.34. The van der Waals surface area contributed by atoms with E-state index >= 15 is 0 Å². The Hall–Kier alpha value is -1.68. The van der Waals surface area contributed by atoms with Crippen molar-refractivity contribution in [2.45, 2.75) is 67.4 Å². The zero-order valence-electron chi connectivity index (χ0n) is 21.7. The van der Waals surface area contributed by atoms with Crippen molar-refractivity contribution in [1.29, 1.82) is 0 Å². The van der Waals surface area contributed by atoms with Crippen molar-refractivity contribution in [3.8, 4) is 0 Å². The van der Waals surface area contributed by atoms with Crippen molar-refractivity contribution < 1.29 is 9.53 Å². The number of rotatable bonds is 8. The van der Waals surface area contributed by atoms with Gasteiger partial charge >= 0.3 is 0 Å². The van der Waals surface area contributed by atoms with Crippen molar-refractivity contribution in [2.24, 2.45) is 28.1 Å². The second-order valence-electron chi connectivity index (χ2n) is 11.8. The highest BCUT2D eigenvalue weighted by Gasteiger charge is 2.57. The molecule has 3 heteroatoms. The first-order chi connectivity index (χ1) is 15.5. The third-order valence-corrected chi connectivity index (χ3v) is 11.2. The first-order valence-corrected chi connectivity index (χ1v) is 14.2. The van der Waals surface area contributed by atoms with Crippen LogP contribution in [0.4, 0.5) is 0 Å². The van der Waals surface area contributed by atoms with Crippen LogP contribution >= 0.6 is 0 Å². The zero-order chi connectivity index (χ0) is 24.3. The maximum absolute atomic E-state index is 9.33. The SMILES string of the molecule is C[C@@H](/C=C/CO)[C@@]1(C)CC[C@@H](C(O[SiH](c2ccccc2)c2ccccc2)C(C)(C)C)C1(C)C. The van der Waals surface area contributed by atoms with Crippen LogP contribution in [0.2, 0.25) is 0 Å². The van der Waals surface area contributed by atoms with Gasteiger partial charge in [-0.15, -0.1) is 0 Å². The van der Waals surface area contributed by atoms with Gasteiger partial charge in [0, 0.05) is 0 Å². The molecule has 1 N–H and O–H groups in total. The molecule has 0 amide bonds. The van der Waals surface area contributed by atoms with Crippen molar-refractivity contribution in [1.82, 2.24) is 0 Å². The fourth-order valence-electron chi connectivity index (χ4n) is 6.04. The van der Waals surface area contributed by atoms with Crippen molar-refractivity contribution in [3.63, 3.8) is 0 Å². The van der Waals surface area contributed by atoms with Crippen LogP contribution in [-0.4, -0.2) is 26.9 Å². The maximum atomic E-state index is 9.33. The summed E-state index contributed by atoms with van der Waals surface area (Å²) in [4.78, 5) is 0. The average molecular weight is 465 g/mol. The number of hydrogen-bond donors (Lipinski definition) is 1. The number of aliphatic hydroxyl groups is 1. The Bertz CT molecular complexity index is 860. The molecule has 1 fully saturated rings. The van der Waals surface area contributed by atoms with Crippen molar-refractivity contribution in [3.05, 3.63) is 72.8 Å². The van der Waals surface area contributed by atoms with Gasteiger partial charge in [0.15, 0.2) is 0 Å². The molecule has 3 rings (SSSR count). The minimum Gasteiger partial charge on any atom is -0.407 e. The Kier molecular flexibility index (Phi) is 8.09. The topological polar surface area (TPSA) is 29.5 Å². The molecule has 2 aromatic rings. The molecule has 33 heavy (non-hydrogen) atoms. The largest absolute Gasteiger partial charge is 0.407 e. The molecular weight excluding hydrogens is 420 g/mol. The fourth-order valence-corrected chi connectivity index (χ4v) is 8.77. The summed E-state index contributed by atoms with van der Waals surface area (Å²) in [6.07, 6.45) is 6.64. The van der Waals surface area contributed by atoms with E-state index in [0.29, 0.717) is 11.8 Å². The normalized spacial score (nSPS) is 24.9. The van der Waals surface area contributed by atoms with Crippen LogP contribution in [0, 0.1) is 28.1 Å². The molecule has 0 aliphatic heterocycles. The van der Waals surface area contributed by atoms with Gasteiger partial charge in [-0.3, -0.25) is 0 Å². The van der Waals surface area contributed by atoms with Gasteiger partial charge in [0.2, 0.25) is 9.04 Å². The van der Waals surface area contributed by atoms with Crippen LogP contribution in [-0.2, 0) is 4.43 Å². The number of allylic oxidation sites excluding steroid dienone is 1. The van der Waals surface area contributed by atoms with Gasteiger partial charge in [0.1, 0.15) is 0 Å². The average Bonchev–Trinajstić information content (AvgIpc) is 3.03. The second-order valence-corrected chi connectivity index (χ2v) is 14.2. The Balaban J connectivity index is 1.99. The van der Waals surface area contributed by atoms with Gasteiger partial charge in [-0.1, -0.05) is 121 Å². The standard InChI is InChI=1S/C30H44O2Si/c1-23(15-14-22-31)30(7)21-20-26(29(30,5)6)27(28(2,3)4)32-33(24-16-10-8-11-17-24)25-18-12-9-13-19-25/h8-19,23,26-27,31,33H,20-22H2,1-7H3/b15-14+/t23-,26-,27?,30+/m0/s1. The van der Waals surface area contributed by atoms with E-state index in [1.165, 1.54) is 23.2 Å². The van der Waals surface area contributed by atoms with E-state index < -0.39 is 9.04 Å². The fraction of sp³-hybridized carbons (Fsp3) is 0.533. The van der Waals surface area contributed by atoms with E-state index in [1.54, 1.807) is 0 Å². The lowest BCUT2D eigenvalue weighted by atomic mass is 9.58. The molecule has 0 heterocycles. The third kappa shape index (κ3) is 5.36. The first kappa shape index (κ1) is 25.9. The van der Waals surface area contributed by atoms with Crippen molar-refractivity contribution >= 4 is 19.4 Å². The molecule has 0 aromatic heterocycles. The number of aliphatic hydroxyl groups excluding tert-OH is 1. The van der Waals surface area contributed by atoms with E-state index in [4.69, 9.17) is 4.43 Å². The van der Waals surface area contributed by atoms with Crippen LogP contribution in [0.3, 0.4) is 0 Å². The van der Waals surface area contributed by atoms with E-state index in [1.807, 2.05) is 6.08 Å². The van der Waals surface area contributed by atoms with Gasteiger partial charge in [0.05, 0.1) is 12.7 Å². The van der Waals surface area contributed by atoms with Crippen LogP contribution in [0.1, 0.15) is 61.3 Å². The number of hydrogen-bond acceptors (Lipinski definition) is 2. The predicted molar refractivity (Wildman–Crippen MR) is 144 cm³/mol. The van der Waals surface area contributed by atoms with Gasteiger partial charge in [-0.25, -0.2) is 0 Å². The molecule has 1 unspecified atom stereocenters. The Morgan fingerprint density at radius 3 is 1.97 bits per heavy atom. The smallest absolute Gasteiger partial charge is 0.240 e. The van der Waals surface area contributed by atoms with E-state index in [0.717, 1.165) is 0 Å². The summed E-state index contributed by atoms with van der Waals surface area (Å²) in [5.74, 6) is 0.872. The van der Waals surface area contributed by atoms with Crippen LogP contribution in [0.15, 0.2) is 72.8 Å². The molecule has 4 atom stereocenters. The van der Waals surface area contributed by atoms with E-state index in [2.05, 4.69) is 115 Å². The van der Waals surface area contributed by atoms with Crippen LogP contribution in [0.25, 0.3) is 0 Å². The Morgan fingerprint density at radius 1 is 1.00 bits per heavy atom. The van der Waals surface area contributed by atoms with Gasteiger partial charge in [-0.05, 0) is 51.3 Å². The molecule has 1 aliphatic rings. The Labute approximate surface area is 203 Å². The molecule has 0 spiro atoms. The highest BCUT2D eigenvalue weighted by Crippen LogP contribution is 2.62. The molecule has 2 nitrogen and oxygen atoms in total. The molecular formula is C30H44O2Si. The van der Waals surface area contributed by atoms with Crippen LogP contribution in [0.5, 0.6) is 0 Å². The second kappa shape index (κ2) is 10.3. The van der Waals surface area contributed by atoms with Gasteiger partial charge < -0.3 is 9.53 Å². The highest BCUT2D eigenvalue weighted by molar-refractivity contribution is 6.80. The lowest BCUT2D eigenvalue weighted by Crippen LogP contribution is -2.54. The van der Waals surface area contributed by atoms with E-state index in [9.17, 15) is 5.11 Å². The lowest BCUT2D eigenvalue weighted by Gasteiger charge is -2.50. The summed E-state index contributed by atoms with van der Waals surface area (Å²) in [5, 5.41) is 12.0. The van der Waals surface area contributed by atoms with Gasteiger partial charge in [0.25, 0.3) is 0 Å². The summed E-state index contributed by atoms with van der Waals surface area (Å²) in [6.45, 7) is 16.8. The monoisotopic (exact) mass is 464 g/mol. The first-order valence-electron chi connectivity index (χ1n) is 12.5. The molecule has 0 saturated heterocycles. The summed E-state index contributed by atoms with van der Waals surface area (Å²) in [7, 11) is -1.86. The third-order valence-electron chi connectivity index (χ3n) is 8.62. The molecule has 180 valence electrons. The van der Waals surface area contributed by atoms with Crippen molar-refractivity contribution in [2.75, 3.05) is 6.61 Å².